The van der Waals surface area contributed by atoms with E-state index in [0.29, 0.717) is 13.1 Å². The Labute approximate surface area is 136 Å². The Balaban J connectivity index is 1.76. The zero-order chi connectivity index (χ0) is 15.6. The van der Waals surface area contributed by atoms with E-state index < -0.39 is 10.2 Å². The Kier molecular flexibility index (Phi) is 4.63. The summed E-state index contributed by atoms with van der Waals surface area (Å²) in [5, 5.41) is 1.98. The minimum absolute atomic E-state index is 0.151. The van der Waals surface area contributed by atoms with Gasteiger partial charge in [-0.3, -0.25) is 0 Å². The van der Waals surface area contributed by atoms with Crippen LogP contribution in [0.4, 0.5) is 0 Å². The molecule has 1 aliphatic rings. The van der Waals surface area contributed by atoms with Crippen LogP contribution in [0.2, 0.25) is 0 Å². The van der Waals surface area contributed by atoms with Gasteiger partial charge in [0.15, 0.2) is 0 Å². The van der Waals surface area contributed by atoms with Crippen molar-refractivity contribution in [3.05, 3.63) is 57.8 Å². The molecular formula is C16H20N2O2S2. The SMILES string of the molecule is CCC(NS(=O)(=O)N1CCc2ccccc2C1)c1cccs1. The van der Waals surface area contributed by atoms with Gasteiger partial charge < -0.3 is 0 Å². The van der Waals surface area contributed by atoms with Crippen molar-refractivity contribution in [2.75, 3.05) is 6.54 Å². The number of nitrogens with one attached hydrogen (secondary N) is 1. The summed E-state index contributed by atoms with van der Waals surface area (Å²) in [7, 11) is -3.47. The summed E-state index contributed by atoms with van der Waals surface area (Å²) in [6.07, 6.45) is 1.51. The number of thiophene rings is 1. The van der Waals surface area contributed by atoms with Crippen molar-refractivity contribution in [3.8, 4) is 0 Å². The molecule has 0 radical (unpaired) electrons. The molecule has 1 N–H and O–H groups in total. The average Bonchev–Trinajstić information content (AvgIpc) is 3.06. The van der Waals surface area contributed by atoms with Crippen LogP contribution in [0.3, 0.4) is 0 Å². The van der Waals surface area contributed by atoms with Crippen LogP contribution >= 0.6 is 11.3 Å². The molecule has 1 aromatic heterocycles. The van der Waals surface area contributed by atoms with Crippen molar-refractivity contribution in [1.82, 2.24) is 9.03 Å². The lowest BCUT2D eigenvalue weighted by molar-refractivity contribution is 0.378. The van der Waals surface area contributed by atoms with E-state index in [1.165, 1.54) is 5.56 Å². The fourth-order valence-electron chi connectivity index (χ4n) is 2.76. The Morgan fingerprint density at radius 2 is 2.00 bits per heavy atom. The van der Waals surface area contributed by atoms with Gasteiger partial charge in [-0.15, -0.1) is 11.3 Å². The van der Waals surface area contributed by atoms with Crippen molar-refractivity contribution >= 4 is 21.5 Å². The summed E-state index contributed by atoms with van der Waals surface area (Å²) in [5.74, 6) is 0. The number of fused-ring (bicyclic) bond motifs is 1. The Bertz CT molecular complexity index is 726. The number of nitrogens with zero attached hydrogens (tertiary/aromatic N) is 1. The van der Waals surface area contributed by atoms with E-state index in [9.17, 15) is 8.42 Å². The number of hydrogen-bond donors (Lipinski definition) is 1. The molecule has 0 saturated heterocycles. The van der Waals surface area contributed by atoms with Gasteiger partial charge in [0, 0.05) is 18.0 Å². The first-order valence-electron chi connectivity index (χ1n) is 7.47. The van der Waals surface area contributed by atoms with Crippen molar-refractivity contribution in [1.29, 1.82) is 0 Å². The van der Waals surface area contributed by atoms with Gasteiger partial charge in [0.2, 0.25) is 0 Å². The molecular weight excluding hydrogens is 316 g/mol. The quantitative estimate of drug-likeness (QED) is 0.912. The third kappa shape index (κ3) is 3.25. The molecule has 0 aliphatic carbocycles. The first kappa shape index (κ1) is 15.7. The summed E-state index contributed by atoms with van der Waals surface area (Å²) in [6.45, 7) is 2.98. The van der Waals surface area contributed by atoms with Gasteiger partial charge in [0.1, 0.15) is 0 Å². The lowest BCUT2D eigenvalue weighted by Gasteiger charge is -2.29. The minimum Gasteiger partial charge on any atom is -0.195 e. The maximum absolute atomic E-state index is 12.7. The van der Waals surface area contributed by atoms with E-state index in [1.807, 2.05) is 42.6 Å². The van der Waals surface area contributed by atoms with E-state index >= 15 is 0 Å². The maximum atomic E-state index is 12.7. The molecule has 4 nitrogen and oxygen atoms in total. The Morgan fingerprint density at radius 3 is 2.68 bits per heavy atom. The molecule has 3 rings (SSSR count). The molecule has 118 valence electrons. The molecule has 1 atom stereocenters. The van der Waals surface area contributed by atoms with Gasteiger partial charge in [-0.05, 0) is 35.4 Å². The van der Waals surface area contributed by atoms with E-state index in [0.717, 1.165) is 23.3 Å². The van der Waals surface area contributed by atoms with Gasteiger partial charge in [-0.25, -0.2) is 0 Å². The Morgan fingerprint density at radius 1 is 1.23 bits per heavy atom. The van der Waals surface area contributed by atoms with Crippen LogP contribution in [0.15, 0.2) is 41.8 Å². The molecule has 0 spiro atoms. The average molecular weight is 336 g/mol. The van der Waals surface area contributed by atoms with Gasteiger partial charge in [0.25, 0.3) is 10.2 Å². The molecule has 0 bridgehead atoms. The van der Waals surface area contributed by atoms with E-state index in [-0.39, 0.29) is 6.04 Å². The zero-order valence-corrected chi connectivity index (χ0v) is 14.2. The summed E-state index contributed by atoms with van der Waals surface area (Å²) in [6, 6.07) is 11.8. The fourth-order valence-corrected chi connectivity index (χ4v) is 5.14. The first-order valence-corrected chi connectivity index (χ1v) is 9.79. The second-order valence-corrected chi connectivity index (χ2v) is 8.13. The highest BCUT2D eigenvalue weighted by Gasteiger charge is 2.28. The van der Waals surface area contributed by atoms with Crippen LogP contribution in [0, 0.1) is 0 Å². The third-order valence-electron chi connectivity index (χ3n) is 4.02. The normalized spacial score (nSPS) is 17.1. The highest BCUT2D eigenvalue weighted by molar-refractivity contribution is 7.87. The van der Waals surface area contributed by atoms with E-state index in [4.69, 9.17) is 0 Å². The van der Waals surface area contributed by atoms with E-state index in [1.54, 1.807) is 15.6 Å². The second kappa shape index (κ2) is 6.50. The number of hydrogen-bond acceptors (Lipinski definition) is 3. The van der Waals surface area contributed by atoms with Gasteiger partial charge in [0.05, 0.1) is 6.04 Å². The van der Waals surface area contributed by atoms with Gasteiger partial charge in [-0.1, -0.05) is 37.3 Å². The first-order chi connectivity index (χ1) is 10.6. The standard InChI is InChI=1S/C16H20N2O2S2/c1-2-15(16-8-5-11-21-16)17-22(19,20)18-10-9-13-6-3-4-7-14(13)12-18/h3-8,11,15,17H,2,9-10,12H2,1H3. The third-order valence-corrected chi connectivity index (χ3v) is 6.58. The van der Waals surface area contributed by atoms with Crippen LogP contribution in [0.1, 0.15) is 35.4 Å². The van der Waals surface area contributed by atoms with Crippen molar-refractivity contribution in [2.24, 2.45) is 0 Å². The largest absolute Gasteiger partial charge is 0.280 e. The molecule has 2 aromatic rings. The topological polar surface area (TPSA) is 49.4 Å². The van der Waals surface area contributed by atoms with E-state index in [2.05, 4.69) is 10.8 Å². The number of rotatable bonds is 5. The van der Waals surface area contributed by atoms with Crippen molar-refractivity contribution in [2.45, 2.75) is 32.4 Å². The monoisotopic (exact) mass is 336 g/mol. The second-order valence-electron chi connectivity index (χ2n) is 5.45. The highest BCUT2D eigenvalue weighted by atomic mass is 32.2. The number of benzene rings is 1. The lowest BCUT2D eigenvalue weighted by atomic mass is 10.0. The van der Waals surface area contributed by atoms with Crippen LogP contribution in [0.5, 0.6) is 0 Å². The molecule has 2 heterocycles. The lowest BCUT2D eigenvalue weighted by Crippen LogP contribution is -2.44. The van der Waals surface area contributed by atoms with Crippen molar-refractivity contribution in [3.63, 3.8) is 0 Å². The van der Waals surface area contributed by atoms with Gasteiger partial charge >= 0.3 is 0 Å². The maximum Gasteiger partial charge on any atom is 0.280 e. The molecule has 6 heteroatoms. The predicted molar refractivity (Wildman–Crippen MR) is 90.0 cm³/mol. The smallest absolute Gasteiger partial charge is 0.195 e. The fraction of sp³-hybridized carbons (Fsp3) is 0.375. The molecule has 0 saturated carbocycles. The molecule has 22 heavy (non-hydrogen) atoms. The van der Waals surface area contributed by atoms with Crippen LogP contribution < -0.4 is 4.72 Å². The molecule has 0 amide bonds. The van der Waals surface area contributed by atoms with Crippen LogP contribution in [-0.4, -0.2) is 19.3 Å². The summed E-state index contributed by atoms with van der Waals surface area (Å²) in [4.78, 5) is 1.06. The van der Waals surface area contributed by atoms with Crippen LogP contribution in [0.25, 0.3) is 0 Å². The zero-order valence-electron chi connectivity index (χ0n) is 12.5. The molecule has 1 aromatic carbocycles. The minimum atomic E-state index is -3.47. The Hall–Kier alpha value is -1.21. The molecule has 1 aliphatic heterocycles. The highest BCUT2D eigenvalue weighted by Crippen LogP contribution is 2.25. The summed E-state index contributed by atoms with van der Waals surface area (Å²) < 4.78 is 29.8. The van der Waals surface area contributed by atoms with Crippen molar-refractivity contribution < 1.29 is 8.42 Å². The molecule has 1 unspecified atom stereocenters. The predicted octanol–water partition coefficient (Wildman–Crippen LogP) is 3.09. The molecule has 0 fully saturated rings. The van der Waals surface area contributed by atoms with Crippen LogP contribution in [-0.2, 0) is 23.2 Å². The summed E-state index contributed by atoms with van der Waals surface area (Å²) in [5.41, 5.74) is 2.35. The summed E-state index contributed by atoms with van der Waals surface area (Å²) >= 11 is 1.59. The van der Waals surface area contributed by atoms with Gasteiger partial charge in [-0.2, -0.15) is 17.4 Å².